The highest BCUT2D eigenvalue weighted by Crippen LogP contribution is 2.39. The molecule has 0 bridgehead atoms. The van der Waals surface area contributed by atoms with Gasteiger partial charge in [-0.05, 0) is 69.7 Å². The van der Waals surface area contributed by atoms with Crippen LogP contribution < -0.4 is 0 Å². The van der Waals surface area contributed by atoms with Crippen molar-refractivity contribution in [2.75, 3.05) is 33.3 Å². The second-order valence-electron chi connectivity index (χ2n) is 9.80. The fourth-order valence-electron chi connectivity index (χ4n) is 5.67. The molecule has 2 atom stereocenters. The topological polar surface area (TPSA) is 32.8 Å². The molecule has 0 spiro atoms. The van der Waals surface area contributed by atoms with Gasteiger partial charge in [0, 0.05) is 38.7 Å². The molecule has 1 amide bonds. The number of likely N-dealkylation sites (tertiary alicyclic amines) is 2. The standard InChI is InChI=1S/C24H33F3N2O2/c1-23(12-14-29(16-23)20-7-9-21(31-2)10-8-20)22(30)28-13-11-18(15-28)17-3-5-19(6-4-17)24(25,26)27/h3-6,18,20-21H,7-16H2,1-2H3. The number of methoxy groups -OCH3 is 1. The van der Waals surface area contributed by atoms with Gasteiger partial charge in [-0.3, -0.25) is 9.69 Å². The maximum atomic E-state index is 13.4. The van der Waals surface area contributed by atoms with Gasteiger partial charge in [0.1, 0.15) is 0 Å². The molecule has 2 heterocycles. The first kappa shape index (κ1) is 22.6. The smallest absolute Gasteiger partial charge is 0.381 e. The van der Waals surface area contributed by atoms with Crippen molar-refractivity contribution in [3.63, 3.8) is 0 Å². The van der Waals surface area contributed by atoms with Crippen molar-refractivity contribution in [3.8, 4) is 0 Å². The molecule has 2 aliphatic heterocycles. The third-order valence-electron chi connectivity index (χ3n) is 7.70. The molecule has 172 valence electrons. The summed E-state index contributed by atoms with van der Waals surface area (Å²) in [6.07, 6.45) is 2.16. The van der Waals surface area contributed by atoms with Crippen molar-refractivity contribution in [1.82, 2.24) is 9.80 Å². The van der Waals surface area contributed by atoms with E-state index < -0.39 is 11.7 Å². The number of benzene rings is 1. The zero-order chi connectivity index (χ0) is 22.2. The van der Waals surface area contributed by atoms with Crippen LogP contribution in [0.4, 0.5) is 13.2 Å². The van der Waals surface area contributed by atoms with E-state index in [4.69, 9.17) is 4.74 Å². The van der Waals surface area contributed by atoms with E-state index in [1.165, 1.54) is 0 Å². The van der Waals surface area contributed by atoms with E-state index in [0.717, 1.165) is 69.3 Å². The molecule has 1 saturated carbocycles. The van der Waals surface area contributed by atoms with Gasteiger partial charge in [-0.15, -0.1) is 0 Å². The van der Waals surface area contributed by atoms with Gasteiger partial charge in [-0.2, -0.15) is 13.2 Å². The third-order valence-corrected chi connectivity index (χ3v) is 7.70. The molecule has 7 heteroatoms. The summed E-state index contributed by atoms with van der Waals surface area (Å²) >= 11 is 0. The molecule has 3 aliphatic rings. The fourth-order valence-corrected chi connectivity index (χ4v) is 5.67. The predicted molar refractivity (Wildman–Crippen MR) is 113 cm³/mol. The Hall–Kier alpha value is -1.60. The Kier molecular flexibility index (Phi) is 6.37. The third kappa shape index (κ3) is 4.77. The molecule has 1 aromatic carbocycles. The zero-order valence-corrected chi connectivity index (χ0v) is 18.5. The maximum Gasteiger partial charge on any atom is 0.416 e. The van der Waals surface area contributed by atoms with Crippen LogP contribution in [0, 0.1) is 5.41 Å². The first-order valence-electron chi connectivity index (χ1n) is 11.4. The second-order valence-corrected chi connectivity index (χ2v) is 9.80. The average Bonchev–Trinajstić information content (AvgIpc) is 3.41. The van der Waals surface area contributed by atoms with E-state index >= 15 is 0 Å². The van der Waals surface area contributed by atoms with Crippen LogP contribution in [-0.4, -0.2) is 61.1 Å². The average molecular weight is 439 g/mol. The number of hydrogen-bond donors (Lipinski definition) is 0. The van der Waals surface area contributed by atoms with Crippen LogP contribution >= 0.6 is 0 Å². The van der Waals surface area contributed by atoms with E-state index in [2.05, 4.69) is 11.8 Å². The molecule has 0 aromatic heterocycles. The summed E-state index contributed by atoms with van der Waals surface area (Å²) in [5.41, 5.74) is -0.107. The number of alkyl halides is 3. The molecule has 31 heavy (non-hydrogen) atoms. The minimum Gasteiger partial charge on any atom is -0.381 e. The summed E-state index contributed by atoms with van der Waals surface area (Å²) in [4.78, 5) is 17.8. The molecular weight excluding hydrogens is 405 g/mol. The van der Waals surface area contributed by atoms with Gasteiger partial charge < -0.3 is 9.64 Å². The Morgan fingerprint density at radius 1 is 1.06 bits per heavy atom. The number of amides is 1. The van der Waals surface area contributed by atoms with Crippen molar-refractivity contribution in [2.24, 2.45) is 5.41 Å². The lowest BCUT2D eigenvalue weighted by Gasteiger charge is -2.35. The van der Waals surface area contributed by atoms with Crippen LogP contribution in [0.1, 0.15) is 62.5 Å². The lowest BCUT2D eigenvalue weighted by Crippen LogP contribution is -2.45. The Morgan fingerprint density at radius 3 is 2.35 bits per heavy atom. The van der Waals surface area contributed by atoms with Crippen LogP contribution in [0.2, 0.25) is 0 Å². The molecule has 4 rings (SSSR count). The van der Waals surface area contributed by atoms with Gasteiger partial charge >= 0.3 is 6.18 Å². The second kappa shape index (κ2) is 8.74. The van der Waals surface area contributed by atoms with Gasteiger partial charge in [-0.25, -0.2) is 0 Å². The predicted octanol–water partition coefficient (Wildman–Crippen LogP) is 4.69. The summed E-state index contributed by atoms with van der Waals surface area (Å²) in [5, 5.41) is 0. The highest BCUT2D eigenvalue weighted by molar-refractivity contribution is 5.83. The molecule has 3 fully saturated rings. The van der Waals surface area contributed by atoms with Gasteiger partial charge in [0.25, 0.3) is 0 Å². The number of ether oxygens (including phenoxy) is 1. The molecule has 2 unspecified atom stereocenters. The molecule has 4 nitrogen and oxygen atoms in total. The number of halogens is 3. The number of carbonyl (C=O) groups is 1. The SMILES string of the molecule is COC1CCC(N2CCC(C)(C(=O)N3CCC(c4ccc(C(F)(F)F)cc4)C3)C2)CC1. The van der Waals surface area contributed by atoms with Crippen LogP contribution in [0.15, 0.2) is 24.3 Å². The summed E-state index contributed by atoms with van der Waals surface area (Å²) in [6, 6.07) is 5.97. The summed E-state index contributed by atoms with van der Waals surface area (Å²) in [5.74, 6) is 0.312. The van der Waals surface area contributed by atoms with Gasteiger partial charge in [0.2, 0.25) is 5.91 Å². The minimum absolute atomic E-state index is 0.108. The van der Waals surface area contributed by atoms with Gasteiger partial charge in [0.15, 0.2) is 0 Å². The van der Waals surface area contributed by atoms with E-state index in [1.807, 2.05) is 4.90 Å². The zero-order valence-electron chi connectivity index (χ0n) is 18.5. The monoisotopic (exact) mass is 438 g/mol. The number of hydrogen-bond acceptors (Lipinski definition) is 3. The molecule has 0 N–H and O–H groups in total. The van der Waals surface area contributed by atoms with Gasteiger partial charge in [0.05, 0.1) is 17.1 Å². The normalized spacial score (nSPS) is 32.5. The first-order valence-corrected chi connectivity index (χ1v) is 11.4. The van der Waals surface area contributed by atoms with Crippen LogP contribution in [-0.2, 0) is 15.7 Å². The quantitative estimate of drug-likeness (QED) is 0.684. The Morgan fingerprint density at radius 2 is 1.74 bits per heavy atom. The molecule has 1 aromatic rings. The Bertz CT molecular complexity index is 774. The maximum absolute atomic E-state index is 13.4. The summed E-state index contributed by atoms with van der Waals surface area (Å²) in [7, 11) is 1.78. The molecule has 0 radical (unpaired) electrons. The largest absolute Gasteiger partial charge is 0.416 e. The highest BCUT2D eigenvalue weighted by Gasteiger charge is 2.46. The first-order chi connectivity index (χ1) is 14.7. The fraction of sp³-hybridized carbons (Fsp3) is 0.708. The van der Waals surface area contributed by atoms with Crippen molar-refractivity contribution < 1.29 is 22.7 Å². The number of carbonyl (C=O) groups excluding carboxylic acids is 1. The lowest BCUT2D eigenvalue weighted by molar-refractivity contribution is -0.139. The lowest BCUT2D eigenvalue weighted by atomic mass is 9.87. The Balaban J connectivity index is 1.34. The van der Waals surface area contributed by atoms with Crippen LogP contribution in [0.25, 0.3) is 0 Å². The molecule has 1 aliphatic carbocycles. The molecular formula is C24H33F3N2O2. The van der Waals surface area contributed by atoms with Crippen molar-refractivity contribution in [3.05, 3.63) is 35.4 Å². The van der Waals surface area contributed by atoms with E-state index in [0.29, 0.717) is 25.2 Å². The van der Waals surface area contributed by atoms with E-state index in [1.54, 1.807) is 19.2 Å². The van der Waals surface area contributed by atoms with E-state index in [9.17, 15) is 18.0 Å². The van der Waals surface area contributed by atoms with Crippen LogP contribution in [0.5, 0.6) is 0 Å². The minimum atomic E-state index is -4.32. The van der Waals surface area contributed by atoms with Crippen molar-refractivity contribution in [1.29, 1.82) is 0 Å². The van der Waals surface area contributed by atoms with Crippen molar-refractivity contribution in [2.45, 2.75) is 69.7 Å². The van der Waals surface area contributed by atoms with E-state index in [-0.39, 0.29) is 17.2 Å². The summed E-state index contributed by atoms with van der Waals surface area (Å²) in [6.45, 7) is 5.12. The number of rotatable bonds is 4. The highest BCUT2D eigenvalue weighted by atomic mass is 19.4. The van der Waals surface area contributed by atoms with Crippen LogP contribution in [0.3, 0.4) is 0 Å². The molecule has 2 saturated heterocycles. The van der Waals surface area contributed by atoms with Crippen molar-refractivity contribution >= 4 is 5.91 Å². The number of nitrogens with zero attached hydrogens (tertiary/aromatic N) is 2. The Labute approximate surface area is 182 Å². The van der Waals surface area contributed by atoms with Gasteiger partial charge in [-0.1, -0.05) is 12.1 Å². The summed E-state index contributed by atoms with van der Waals surface area (Å²) < 4.78 is 43.9.